The predicted molar refractivity (Wildman–Crippen MR) is 149 cm³/mol. The molecule has 0 fully saturated rings. The van der Waals surface area contributed by atoms with Gasteiger partial charge in [-0.3, -0.25) is 9.59 Å². The Morgan fingerprint density at radius 2 is 1.73 bits per heavy atom. The van der Waals surface area contributed by atoms with Gasteiger partial charge >= 0.3 is 0 Å². The van der Waals surface area contributed by atoms with Crippen molar-refractivity contribution >= 4 is 27.7 Å². The summed E-state index contributed by atoms with van der Waals surface area (Å²) >= 11 is 0. The number of nitrogens with zero attached hydrogens (tertiary/aromatic N) is 3. The average Bonchev–Trinajstić information content (AvgIpc) is 3.21. The van der Waals surface area contributed by atoms with Gasteiger partial charge in [-0.15, -0.1) is 0 Å². The molecule has 0 unspecified atom stereocenters. The number of rotatable bonds is 8. The maximum atomic E-state index is 13.7. The monoisotopic (exact) mass is 492 g/mol. The smallest absolute Gasteiger partial charge is 0.291 e. The van der Waals surface area contributed by atoms with Crippen LogP contribution in [0.1, 0.15) is 35.6 Å². The van der Waals surface area contributed by atoms with Gasteiger partial charge in [-0.2, -0.15) is 5.10 Å². The minimum Gasteiger partial charge on any atom is -0.352 e. The molecule has 0 aliphatic heterocycles. The zero-order chi connectivity index (χ0) is 25.9. The molecule has 1 amide bonds. The summed E-state index contributed by atoms with van der Waals surface area (Å²) in [5, 5.41) is 9.19. The van der Waals surface area contributed by atoms with E-state index < -0.39 is 0 Å². The number of fused-ring (bicyclic) bond motifs is 3. The quantitative estimate of drug-likeness (QED) is 0.326. The highest BCUT2D eigenvalue weighted by Crippen LogP contribution is 2.28. The first-order chi connectivity index (χ1) is 17.9. The number of carbonyl (C=O) groups excluding carboxylic acids is 1. The molecule has 37 heavy (non-hydrogen) atoms. The highest BCUT2D eigenvalue weighted by Gasteiger charge is 2.18. The summed E-state index contributed by atoms with van der Waals surface area (Å²) in [5.41, 5.74) is 6.05. The van der Waals surface area contributed by atoms with Crippen LogP contribution in [0.5, 0.6) is 0 Å². The first-order valence-electron chi connectivity index (χ1n) is 12.8. The predicted octanol–water partition coefficient (Wildman–Crippen LogP) is 5.15. The van der Waals surface area contributed by atoms with Gasteiger partial charge < -0.3 is 9.88 Å². The third-order valence-electron chi connectivity index (χ3n) is 7.02. The van der Waals surface area contributed by atoms with Gasteiger partial charge in [-0.1, -0.05) is 72.3 Å². The highest BCUT2D eigenvalue weighted by molar-refractivity contribution is 6.07. The minimum atomic E-state index is -0.258. The first-order valence-corrected chi connectivity index (χ1v) is 12.8. The zero-order valence-electron chi connectivity index (χ0n) is 21.6. The van der Waals surface area contributed by atoms with E-state index in [-0.39, 0.29) is 24.1 Å². The second kappa shape index (κ2) is 10.4. The average molecular weight is 493 g/mol. The van der Waals surface area contributed by atoms with E-state index in [1.54, 1.807) is 6.20 Å². The number of hydrogen-bond acceptors (Lipinski definition) is 3. The number of hydrogen-bond donors (Lipinski definition) is 1. The van der Waals surface area contributed by atoms with E-state index in [0.29, 0.717) is 12.1 Å². The van der Waals surface area contributed by atoms with Gasteiger partial charge in [0.05, 0.1) is 6.20 Å². The molecule has 1 N–H and O–H groups in total. The molecule has 0 aliphatic carbocycles. The zero-order valence-corrected chi connectivity index (χ0v) is 21.6. The van der Waals surface area contributed by atoms with E-state index in [9.17, 15) is 9.59 Å². The molecule has 6 heteroatoms. The topological polar surface area (TPSA) is 68.9 Å². The van der Waals surface area contributed by atoms with Crippen molar-refractivity contribution in [2.45, 2.75) is 52.7 Å². The van der Waals surface area contributed by atoms with Gasteiger partial charge in [0.15, 0.2) is 0 Å². The van der Waals surface area contributed by atoms with Crippen LogP contribution in [0.3, 0.4) is 0 Å². The van der Waals surface area contributed by atoms with Crippen molar-refractivity contribution in [3.05, 3.63) is 112 Å². The Kier molecular flexibility index (Phi) is 6.91. The summed E-state index contributed by atoms with van der Waals surface area (Å²) in [4.78, 5) is 26.5. The molecule has 188 valence electrons. The van der Waals surface area contributed by atoms with E-state index >= 15 is 0 Å². The second-order valence-electron chi connectivity index (χ2n) is 9.90. The van der Waals surface area contributed by atoms with Gasteiger partial charge in [0.2, 0.25) is 5.91 Å². The van der Waals surface area contributed by atoms with Crippen LogP contribution in [0.2, 0.25) is 0 Å². The van der Waals surface area contributed by atoms with Crippen LogP contribution in [0, 0.1) is 13.8 Å². The molecule has 0 saturated carbocycles. The molecule has 0 saturated heterocycles. The first kappa shape index (κ1) is 24.5. The number of nitrogens with one attached hydrogen (secondary N) is 1. The fourth-order valence-corrected chi connectivity index (χ4v) is 4.97. The summed E-state index contributed by atoms with van der Waals surface area (Å²) < 4.78 is 3.34. The minimum absolute atomic E-state index is 0.0112. The van der Waals surface area contributed by atoms with Gasteiger partial charge in [-0.25, -0.2) is 4.68 Å². The fourth-order valence-electron chi connectivity index (χ4n) is 4.97. The SMILES string of the molecule is Cc1ccc(C)c(Cn2c3ccccc3c3cnn(CC(=O)N[C@@H](C)CCc4ccccc4)c(=O)c32)c1. The van der Waals surface area contributed by atoms with Crippen molar-refractivity contribution < 1.29 is 4.79 Å². The van der Waals surface area contributed by atoms with Crippen molar-refractivity contribution in [2.24, 2.45) is 0 Å². The largest absolute Gasteiger partial charge is 0.352 e. The van der Waals surface area contributed by atoms with Crippen LogP contribution in [0.15, 0.2) is 83.8 Å². The maximum absolute atomic E-state index is 13.7. The van der Waals surface area contributed by atoms with E-state index in [1.165, 1.54) is 21.4 Å². The van der Waals surface area contributed by atoms with Gasteiger partial charge in [0.25, 0.3) is 5.56 Å². The van der Waals surface area contributed by atoms with Crippen molar-refractivity contribution in [1.82, 2.24) is 19.7 Å². The lowest BCUT2D eigenvalue weighted by Gasteiger charge is -2.15. The Hall–Kier alpha value is -4.19. The third-order valence-corrected chi connectivity index (χ3v) is 7.02. The summed E-state index contributed by atoms with van der Waals surface area (Å²) in [6.45, 7) is 6.61. The van der Waals surface area contributed by atoms with Gasteiger partial charge in [0, 0.05) is 28.9 Å². The van der Waals surface area contributed by atoms with E-state index in [1.807, 2.05) is 49.4 Å². The van der Waals surface area contributed by atoms with E-state index in [2.05, 4.69) is 59.2 Å². The second-order valence-corrected chi connectivity index (χ2v) is 9.90. The lowest BCUT2D eigenvalue weighted by atomic mass is 10.1. The normalized spacial score (nSPS) is 12.2. The Labute approximate surface area is 216 Å². The summed E-state index contributed by atoms with van der Waals surface area (Å²) in [6, 6.07) is 24.6. The lowest BCUT2D eigenvalue weighted by molar-refractivity contribution is -0.122. The Bertz CT molecular complexity index is 1630. The van der Waals surface area contributed by atoms with Crippen LogP contribution >= 0.6 is 0 Å². The summed E-state index contributed by atoms with van der Waals surface area (Å²) in [5.74, 6) is -0.216. The number of aryl methyl sites for hydroxylation is 3. The number of aromatic nitrogens is 3. The van der Waals surface area contributed by atoms with E-state index in [4.69, 9.17) is 0 Å². The van der Waals surface area contributed by atoms with E-state index in [0.717, 1.165) is 34.7 Å². The third kappa shape index (κ3) is 5.19. The van der Waals surface area contributed by atoms with Gasteiger partial charge in [0.1, 0.15) is 12.1 Å². The van der Waals surface area contributed by atoms with Crippen LogP contribution in [0.25, 0.3) is 21.8 Å². The Morgan fingerprint density at radius 1 is 0.973 bits per heavy atom. The molecule has 6 nitrogen and oxygen atoms in total. The van der Waals surface area contributed by atoms with Crippen molar-refractivity contribution in [1.29, 1.82) is 0 Å². The Morgan fingerprint density at radius 3 is 2.54 bits per heavy atom. The summed E-state index contributed by atoms with van der Waals surface area (Å²) in [7, 11) is 0. The molecule has 2 aromatic heterocycles. The molecule has 0 aliphatic rings. The lowest BCUT2D eigenvalue weighted by Crippen LogP contribution is -2.38. The molecule has 3 aromatic carbocycles. The molecular formula is C31H32N4O2. The highest BCUT2D eigenvalue weighted by atomic mass is 16.2. The number of amides is 1. The van der Waals surface area contributed by atoms with Crippen molar-refractivity contribution in [2.75, 3.05) is 0 Å². The van der Waals surface area contributed by atoms with Crippen LogP contribution < -0.4 is 10.9 Å². The maximum Gasteiger partial charge on any atom is 0.291 e. The van der Waals surface area contributed by atoms with Gasteiger partial charge in [-0.05, 0) is 56.4 Å². The molecular weight excluding hydrogens is 460 g/mol. The number of benzene rings is 3. The van der Waals surface area contributed by atoms with Crippen LogP contribution in [-0.4, -0.2) is 26.3 Å². The molecule has 1 atom stereocenters. The fraction of sp³-hybridized carbons (Fsp3) is 0.258. The van der Waals surface area contributed by atoms with Crippen LogP contribution in [-0.2, 0) is 24.3 Å². The number of carbonyl (C=O) groups is 1. The molecule has 5 rings (SSSR count). The molecule has 0 radical (unpaired) electrons. The summed E-state index contributed by atoms with van der Waals surface area (Å²) in [6.07, 6.45) is 3.41. The molecule has 0 bridgehead atoms. The Balaban J connectivity index is 1.42. The molecule has 5 aromatic rings. The molecule has 0 spiro atoms. The number of para-hydroxylation sites is 1. The standard InChI is InChI=1S/C31H32N4O2/c1-21-13-14-22(2)25(17-21)19-34-28-12-8-7-11-26(28)27-18-32-35(31(37)30(27)34)20-29(36)33-23(3)15-16-24-9-5-4-6-10-24/h4-14,17-18,23H,15-16,19-20H2,1-3H3,(H,33,36)/t23-/m0/s1. The molecule has 2 heterocycles. The van der Waals surface area contributed by atoms with Crippen molar-refractivity contribution in [3.8, 4) is 0 Å². The van der Waals surface area contributed by atoms with Crippen LogP contribution in [0.4, 0.5) is 0 Å². The van der Waals surface area contributed by atoms with Crippen molar-refractivity contribution in [3.63, 3.8) is 0 Å².